The van der Waals surface area contributed by atoms with Crippen LogP contribution in [0, 0.1) is 5.82 Å². The number of hydrogen-bond acceptors (Lipinski definition) is 6. The molecule has 0 bridgehead atoms. The van der Waals surface area contributed by atoms with Gasteiger partial charge in [0, 0.05) is 30.4 Å². The summed E-state index contributed by atoms with van der Waals surface area (Å²) in [5.41, 5.74) is 1.18. The fourth-order valence-electron chi connectivity index (χ4n) is 3.58. The molecule has 1 saturated heterocycles. The van der Waals surface area contributed by atoms with Crippen LogP contribution in [0.2, 0.25) is 0 Å². The normalized spacial score (nSPS) is 15.7. The second-order valence-corrected chi connectivity index (χ2v) is 8.59. The van der Waals surface area contributed by atoms with Crippen molar-refractivity contribution < 1.29 is 18.7 Å². The third kappa shape index (κ3) is 5.83. The van der Waals surface area contributed by atoms with Crippen molar-refractivity contribution >= 4 is 34.6 Å². The first-order valence-corrected chi connectivity index (χ1v) is 11.5. The zero-order valence-corrected chi connectivity index (χ0v) is 18.9. The quantitative estimate of drug-likeness (QED) is 0.544. The van der Waals surface area contributed by atoms with Crippen LogP contribution in [0.15, 0.2) is 48.5 Å². The van der Waals surface area contributed by atoms with E-state index in [1.165, 1.54) is 35.6 Å². The lowest BCUT2D eigenvalue weighted by Gasteiger charge is -2.31. The molecule has 3 amide bonds. The van der Waals surface area contributed by atoms with Crippen molar-refractivity contribution in [2.24, 2.45) is 0 Å². The molecule has 3 aromatic rings. The molecule has 2 N–H and O–H groups in total. The summed E-state index contributed by atoms with van der Waals surface area (Å²) in [6.07, 6.45) is 1.69. The average Bonchev–Trinajstić information content (AvgIpc) is 3.33. The number of ether oxygens (including phenoxy) is 1. The fourth-order valence-corrected chi connectivity index (χ4v) is 4.44. The summed E-state index contributed by atoms with van der Waals surface area (Å²) in [5, 5.41) is 14.8. The molecule has 0 aliphatic carbocycles. The Balaban J connectivity index is 1.35. The lowest BCUT2D eigenvalue weighted by atomic mass is 9.99. The number of carbonyl (C=O) groups excluding carboxylic acids is 2. The van der Waals surface area contributed by atoms with E-state index in [4.69, 9.17) is 4.74 Å². The molecule has 8 nitrogen and oxygen atoms in total. The summed E-state index contributed by atoms with van der Waals surface area (Å²) in [5.74, 6) is -0.00958. The smallest absolute Gasteiger partial charge is 0.321 e. The van der Waals surface area contributed by atoms with Crippen molar-refractivity contribution in [1.29, 1.82) is 0 Å². The number of carbonyl (C=O) groups is 2. The number of piperidine rings is 1. The van der Waals surface area contributed by atoms with E-state index in [0.29, 0.717) is 31.1 Å². The first kappa shape index (κ1) is 22.7. The van der Waals surface area contributed by atoms with Gasteiger partial charge < -0.3 is 20.3 Å². The van der Waals surface area contributed by atoms with Crippen molar-refractivity contribution in [1.82, 2.24) is 15.1 Å². The van der Waals surface area contributed by atoms with Gasteiger partial charge in [-0.25, -0.2) is 9.18 Å². The van der Waals surface area contributed by atoms with Crippen LogP contribution in [0.4, 0.5) is 20.6 Å². The van der Waals surface area contributed by atoms with Gasteiger partial charge in [0.2, 0.25) is 5.01 Å². The number of hydrogen-bond donors (Lipinski definition) is 2. The highest BCUT2D eigenvalue weighted by atomic mass is 32.1. The Labute approximate surface area is 194 Å². The molecule has 1 aliphatic heterocycles. The number of nitrogens with one attached hydrogen (secondary N) is 2. The largest absolute Gasteiger partial charge is 0.494 e. The Bertz CT molecular complexity index is 1100. The van der Waals surface area contributed by atoms with Crippen molar-refractivity contribution in [3.63, 3.8) is 0 Å². The molecule has 0 radical (unpaired) electrons. The van der Waals surface area contributed by atoms with Crippen LogP contribution in [-0.2, 0) is 0 Å². The van der Waals surface area contributed by atoms with Crippen LogP contribution in [0.25, 0.3) is 0 Å². The van der Waals surface area contributed by atoms with Gasteiger partial charge in [0.05, 0.1) is 6.61 Å². The van der Waals surface area contributed by atoms with E-state index in [2.05, 4.69) is 20.8 Å². The van der Waals surface area contributed by atoms with Gasteiger partial charge in [-0.1, -0.05) is 11.3 Å². The molecule has 0 spiro atoms. The Morgan fingerprint density at radius 2 is 1.79 bits per heavy atom. The van der Waals surface area contributed by atoms with Gasteiger partial charge in [0.1, 0.15) is 16.6 Å². The van der Waals surface area contributed by atoms with Gasteiger partial charge in [-0.15, -0.1) is 10.2 Å². The number of anilines is 2. The molecule has 1 aromatic heterocycles. The number of rotatable bonds is 6. The van der Waals surface area contributed by atoms with Gasteiger partial charge in [-0.3, -0.25) is 4.79 Å². The summed E-state index contributed by atoms with van der Waals surface area (Å²) in [7, 11) is 0. The molecule has 4 rings (SSSR count). The monoisotopic (exact) mass is 469 g/mol. The first-order valence-electron chi connectivity index (χ1n) is 10.7. The van der Waals surface area contributed by atoms with Crippen molar-refractivity contribution in [3.05, 3.63) is 64.4 Å². The Morgan fingerprint density at radius 1 is 1.09 bits per heavy atom. The Kier molecular flexibility index (Phi) is 7.13. The maximum atomic E-state index is 13.0. The first-order chi connectivity index (χ1) is 16.0. The van der Waals surface area contributed by atoms with Crippen LogP contribution in [0.3, 0.4) is 0 Å². The van der Waals surface area contributed by atoms with E-state index >= 15 is 0 Å². The predicted molar refractivity (Wildman–Crippen MR) is 124 cm³/mol. The summed E-state index contributed by atoms with van der Waals surface area (Å²) < 4.78 is 18.5. The molecule has 33 heavy (non-hydrogen) atoms. The molecular weight excluding hydrogens is 445 g/mol. The van der Waals surface area contributed by atoms with Gasteiger partial charge in [0.15, 0.2) is 0 Å². The molecule has 1 fully saturated rings. The SMILES string of the molecule is CCOc1ccc(NC(=O)N2CCC[C@H](c3nnc(C(=O)Nc4ccc(F)cc4)s3)C2)cc1. The highest BCUT2D eigenvalue weighted by Gasteiger charge is 2.28. The molecule has 1 aliphatic rings. The summed E-state index contributed by atoms with van der Waals surface area (Å²) in [6, 6.07) is 12.6. The number of nitrogens with zero attached hydrogens (tertiary/aromatic N) is 3. The number of halogens is 1. The van der Waals surface area contributed by atoms with Crippen LogP contribution in [0.5, 0.6) is 5.75 Å². The Hall–Kier alpha value is -3.53. The minimum Gasteiger partial charge on any atom is -0.494 e. The van der Waals surface area contributed by atoms with Crippen molar-refractivity contribution in [2.75, 3.05) is 30.3 Å². The van der Waals surface area contributed by atoms with E-state index in [0.717, 1.165) is 23.6 Å². The van der Waals surface area contributed by atoms with E-state index in [1.807, 2.05) is 19.1 Å². The number of urea groups is 1. The van der Waals surface area contributed by atoms with E-state index in [-0.39, 0.29) is 22.8 Å². The van der Waals surface area contributed by atoms with E-state index in [9.17, 15) is 14.0 Å². The molecule has 2 aromatic carbocycles. The lowest BCUT2D eigenvalue weighted by Crippen LogP contribution is -2.41. The highest BCUT2D eigenvalue weighted by Crippen LogP contribution is 2.30. The Morgan fingerprint density at radius 3 is 2.52 bits per heavy atom. The minimum absolute atomic E-state index is 0.00898. The zero-order chi connectivity index (χ0) is 23.2. The number of aromatic nitrogens is 2. The van der Waals surface area contributed by atoms with Gasteiger partial charge >= 0.3 is 6.03 Å². The van der Waals surface area contributed by atoms with Crippen molar-refractivity contribution in [3.8, 4) is 5.75 Å². The summed E-state index contributed by atoms with van der Waals surface area (Å²) in [4.78, 5) is 27.0. The molecular formula is C23H24FN5O3S. The third-order valence-electron chi connectivity index (χ3n) is 5.21. The second-order valence-electron chi connectivity index (χ2n) is 7.58. The maximum absolute atomic E-state index is 13.0. The van der Waals surface area contributed by atoms with Gasteiger partial charge in [-0.2, -0.15) is 0 Å². The summed E-state index contributed by atoms with van der Waals surface area (Å²) in [6.45, 7) is 3.65. The standard InChI is InChI=1S/C23H24FN5O3S/c1-2-32-19-11-9-18(10-12-19)26-23(31)29-13-3-4-15(14-29)21-27-28-22(33-21)20(30)25-17-7-5-16(24)6-8-17/h5-12,15H,2-4,13-14H2,1H3,(H,25,30)(H,26,31)/t15-/m0/s1. The molecule has 10 heteroatoms. The molecule has 1 atom stereocenters. The van der Waals surface area contributed by atoms with Crippen LogP contribution in [-0.4, -0.2) is 46.7 Å². The topological polar surface area (TPSA) is 96.4 Å². The third-order valence-corrected chi connectivity index (χ3v) is 6.30. The molecule has 2 heterocycles. The van der Waals surface area contributed by atoms with Crippen LogP contribution < -0.4 is 15.4 Å². The number of amides is 3. The lowest BCUT2D eigenvalue weighted by molar-refractivity contribution is 0.102. The number of likely N-dealkylation sites (tertiary alicyclic amines) is 1. The minimum atomic E-state index is -0.397. The van der Waals surface area contributed by atoms with Crippen LogP contribution in [0.1, 0.15) is 40.5 Å². The van der Waals surface area contributed by atoms with Crippen molar-refractivity contribution in [2.45, 2.75) is 25.7 Å². The molecule has 172 valence electrons. The van der Waals surface area contributed by atoms with E-state index in [1.54, 1.807) is 17.0 Å². The van der Waals surface area contributed by atoms with Gasteiger partial charge in [-0.05, 0) is 68.3 Å². The predicted octanol–water partition coefficient (Wildman–Crippen LogP) is 4.74. The highest BCUT2D eigenvalue weighted by molar-refractivity contribution is 7.13. The zero-order valence-electron chi connectivity index (χ0n) is 18.1. The number of benzene rings is 2. The average molecular weight is 470 g/mol. The molecule has 0 unspecified atom stereocenters. The second kappa shape index (κ2) is 10.4. The maximum Gasteiger partial charge on any atom is 0.321 e. The summed E-state index contributed by atoms with van der Waals surface area (Å²) >= 11 is 1.21. The van der Waals surface area contributed by atoms with Crippen LogP contribution >= 0.6 is 11.3 Å². The molecule has 0 saturated carbocycles. The van der Waals surface area contributed by atoms with E-state index < -0.39 is 5.91 Å². The van der Waals surface area contributed by atoms with Gasteiger partial charge in [0.25, 0.3) is 5.91 Å². The fraction of sp³-hybridized carbons (Fsp3) is 0.304.